The second kappa shape index (κ2) is 6.36. The molecule has 0 aromatic heterocycles. The lowest BCUT2D eigenvalue weighted by Crippen LogP contribution is -2.27. The van der Waals surface area contributed by atoms with Crippen molar-refractivity contribution in [2.45, 2.75) is 32.5 Å². The summed E-state index contributed by atoms with van der Waals surface area (Å²) in [6, 6.07) is 5.13. The molecular formula is C13H19BrN2O3. The maximum Gasteiger partial charge on any atom is 0.412 e. The van der Waals surface area contributed by atoms with Gasteiger partial charge in [0.2, 0.25) is 0 Å². The molecule has 1 aromatic carbocycles. The first-order valence-corrected chi connectivity index (χ1v) is 6.70. The van der Waals surface area contributed by atoms with E-state index in [9.17, 15) is 9.90 Å². The van der Waals surface area contributed by atoms with E-state index in [1.54, 1.807) is 39.0 Å². The number of hydrogen-bond acceptors (Lipinski definition) is 4. The van der Waals surface area contributed by atoms with Gasteiger partial charge in [0.25, 0.3) is 0 Å². The maximum absolute atomic E-state index is 11.7. The quantitative estimate of drug-likeness (QED) is 0.795. The van der Waals surface area contributed by atoms with E-state index in [1.165, 1.54) is 0 Å². The fourth-order valence-corrected chi connectivity index (χ4v) is 1.74. The molecule has 1 atom stereocenters. The molecule has 0 fully saturated rings. The maximum atomic E-state index is 11.7. The molecule has 0 aliphatic rings. The lowest BCUT2D eigenvalue weighted by Gasteiger charge is -2.20. The summed E-state index contributed by atoms with van der Waals surface area (Å²) in [5, 5.41) is 12.3. The lowest BCUT2D eigenvalue weighted by molar-refractivity contribution is 0.0635. The fourth-order valence-electron chi connectivity index (χ4n) is 1.40. The number of rotatable bonds is 3. The van der Waals surface area contributed by atoms with Gasteiger partial charge in [-0.25, -0.2) is 4.79 Å². The minimum Gasteiger partial charge on any atom is -0.444 e. The molecule has 0 bridgehead atoms. The first-order valence-electron chi connectivity index (χ1n) is 5.90. The van der Waals surface area contributed by atoms with Crippen molar-refractivity contribution in [2.75, 3.05) is 11.9 Å². The van der Waals surface area contributed by atoms with Crippen LogP contribution in [0.1, 0.15) is 32.4 Å². The van der Waals surface area contributed by atoms with Crippen LogP contribution < -0.4 is 11.1 Å². The zero-order valence-corrected chi connectivity index (χ0v) is 12.8. The molecule has 0 unspecified atom stereocenters. The number of aliphatic hydroxyl groups excluding tert-OH is 1. The first kappa shape index (κ1) is 15.9. The highest BCUT2D eigenvalue weighted by Crippen LogP contribution is 2.26. The number of aliphatic hydroxyl groups is 1. The third kappa shape index (κ3) is 5.18. The Balaban J connectivity index is 2.85. The van der Waals surface area contributed by atoms with E-state index in [-0.39, 0.29) is 6.54 Å². The van der Waals surface area contributed by atoms with Crippen LogP contribution in [0.2, 0.25) is 0 Å². The van der Waals surface area contributed by atoms with Gasteiger partial charge in [-0.2, -0.15) is 0 Å². The molecule has 1 amide bonds. The summed E-state index contributed by atoms with van der Waals surface area (Å²) in [7, 11) is 0. The molecule has 0 aliphatic carbocycles. The summed E-state index contributed by atoms with van der Waals surface area (Å²) < 4.78 is 5.87. The van der Waals surface area contributed by atoms with Crippen molar-refractivity contribution in [2.24, 2.45) is 5.73 Å². The van der Waals surface area contributed by atoms with Crippen molar-refractivity contribution < 1.29 is 14.6 Å². The van der Waals surface area contributed by atoms with Gasteiger partial charge in [0.15, 0.2) is 0 Å². The van der Waals surface area contributed by atoms with Crippen molar-refractivity contribution in [1.29, 1.82) is 0 Å². The Bertz CT molecular complexity index is 458. The Kier molecular flexibility index (Phi) is 5.34. The minimum atomic E-state index is -0.757. The van der Waals surface area contributed by atoms with E-state index in [2.05, 4.69) is 21.2 Å². The van der Waals surface area contributed by atoms with Crippen molar-refractivity contribution >= 4 is 27.7 Å². The highest BCUT2D eigenvalue weighted by molar-refractivity contribution is 9.10. The summed E-state index contributed by atoms with van der Waals surface area (Å²) in [6.45, 7) is 5.48. The van der Waals surface area contributed by atoms with E-state index in [4.69, 9.17) is 10.5 Å². The van der Waals surface area contributed by atoms with E-state index in [0.29, 0.717) is 15.7 Å². The van der Waals surface area contributed by atoms with Crippen LogP contribution in [0.4, 0.5) is 10.5 Å². The predicted octanol–water partition coefficient (Wildman–Crippen LogP) is 2.79. The zero-order chi connectivity index (χ0) is 14.6. The topological polar surface area (TPSA) is 84.6 Å². The number of hydrogen-bond donors (Lipinski definition) is 3. The van der Waals surface area contributed by atoms with Crippen molar-refractivity contribution in [3.63, 3.8) is 0 Å². The zero-order valence-electron chi connectivity index (χ0n) is 11.2. The Morgan fingerprint density at radius 1 is 1.53 bits per heavy atom. The summed E-state index contributed by atoms with van der Waals surface area (Å²) in [5.74, 6) is 0. The minimum absolute atomic E-state index is 0.119. The number of benzene rings is 1. The monoisotopic (exact) mass is 330 g/mol. The Morgan fingerprint density at radius 2 is 2.16 bits per heavy atom. The van der Waals surface area contributed by atoms with Gasteiger partial charge in [0, 0.05) is 11.0 Å². The second-order valence-electron chi connectivity index (χ2n) is 5.12. The molecule has 4 N–H and O–H groups in total. The van der Waals surface area contributed by atoms with Crippen LogP contribution in [0.5, 0.6) is 0 Å². The van der Waals surface area contributed by atoms with Crippen LogP contribution in [0.15, 0.2) is 22.7 Å². The average Bonchev–Trinajstić information content (AvgIpc) is 2.28. The molecule has 1 rings (SSSR count). The number of carbonyl (C=O) groups is 1. The number of anilines is 1. The summed E-state index contributed by atoms with van der Waals surface area (Å²) in [5.41, 5.74) is 6.00. The molecule has 0 saturated heterocycles. The number of nitrogens with two attached hydrogens (primary N) is 1. The van der Waals surface area contributed by atoms with E-state index >= 15 is 0 Å². The molecule has 19 heavy (non-hydrogen) atoms. The summed E-state index contributed by atoms with van der Waals surface area (Å²) in [4.78, 5) is 11.7. The highest BCUT2D eigenvalue weighted by atomic mass is 79.9. The Morgan fingerprint density at radius 3 is 2.68 bits per heavy atom. The van der Waals surface area contributed by atoms with E-state index in [1.807, 2.05) is 0 Å². The third-order valence-corrected chi connectivity index (χ3v) is 2.93. The normalized spacial score (nSPS) is 12.9. The van der Waals surface area contributed by atoms with Crippen LogP contribution in [0.3, 0.4) is 0 Å². The number of nitrogens with one attached hydrogen (secondary N) is 1. The Hall–Kier alpha value is -1.11. The van der Waals surface area contributed by atoms with Gasteiger partial charge in [-0.3, -0.25) is 5.32 Å². The first-order chi connectivity index (χ1) is 8.73. The number of halogens is 1. The molecule has 0 spiro atoms. The number of amides is 1. The van der Waals surface area contributed by atoms with Crippen LogP contribution in [-0.2, 0) is 4.74 Å². The predicted molar refractivity (Wildman–Crippen MR) is 78.0 cm³/mol. The molecule has 6 heteroatoms. The van der Waals surface area contributed by atoms with Gasteiger partial charge >= 0.3 is 6.09 Å². The van der Waals surface area contributed by atoms with Crippen molar-refractivity contribution in [1.82, 2.24) is 0 Å². The van der Waals surface area contributed by atoms with E-state index in [0.717, 1.165) is 0 Å². The largest absolute Gasteiger partial charge is 0.444 e. The molecule has 5 nitrogen and oxygen atoms in total. The average molecular weight is 331 g/mol. The van der Waals surface area contributed by atoms with Gasteiger partial charge in [-0.1, -0.05) is 6.07 Å². The molecule has 0 radical (unpaired) electrons. The van der Waals surface area contributed by atoms with Gasteiger partial charge in [-0.15, -0.1) is 0 Å². The number of ether oxygens (including phenoxy) is 1. The summed E-state index contributed by atoms with van der Waals surface area (Å²) >= 11 is 3.33. The summed E-state index contributed by atoms with van der Waals surface area (Å²) in [6.07, 6.45) is -1.31. The standard InChI is InChI=1S/C13H19BrN2O3/c1-13(2,3)19-12(18)16-10-6-8(11(17)7-15)4-5-9(10)14/h4-6,11,17H,7,15H2,1-3H3,(H,16,18)/t11-/m0/s1. The van der Waals surface area contributed by atoms with Gasteiger partial charge in [-0.05, 0) is 54.4 Å². The SMILES string of the molecule is CC(C)(C)OC(=O)Nc1cc([C@@H](O)CN)ccc1Br. The molecule has 0 heterocycles. The van der Waals surface area contributed by atoms with Crippen molar-refractivity contribution in [3.05, 3.63) is 28.2 Å². The second-order valence-corrected chi connectivity index (χ2v) is 5.97. The van der Waals surface area contributed by atoms with E-state index < -0.39 is 17.8 Å². The van der Waals surface area contributed by atoms with Crippen LogP contribution >= 0.6 is 15.9 Å². The number of carbonyl (C=O) groups excluding carboxylic acids is 1. The van der Waals surface area contributed by atoms with Crippen LogP contribution in [0.25, 0.3) is 0 Å². The highest BCUT2D eigenvalue weighted by Gasteiger charge is 2.17. The third-order valence-electron chi connectivity index (χ3n) is 2.23. The molecule has 0 aliphatic heterocycles. The van der Waals surface area contributed by atoms with Crippen LogP contribution in [0, 0.1) is 0 Å². The van der Waals surface area contributed by atoms with Crippen molar-refractivity contribution in [3.8, 4) is 0 Å². The molecule has 106 valence electrons. The Labute approximate surface area is 121 Å². The van der Waals surface area contributed by atoms with Gasteiger partial charge < -0.3 is 15.6 Å². The molecule has 1 aromatic rings. The molecule has 0 saturated carbocycles. The van der Waals surface area contributed by atoms with Gasteiger partial charge in [0.1, 0.15) is 5.60 Å². The van der Waals surface area contributed by atoms with Crippen LogP contribution in [-0.4, -0.2) is 23.3 Å². The van der Waals surface area contributed by atoms with Gasteiger partial charge in [0.05, 0.1) is 11.8 Å². The molecular weight excluding hydrogens is 312 g/mol. The lowest BCUT2D eigenvalue weighted by atomic mass is 10.1. The smallest absolute Gasteiger partial charge is 0.412 e. The fraction of sp³-hybridized carbons (Fsp3) is 0.462.